The third kappa shape index (κ3) is 2.75. The van der Waals surface area contributed by atoms with Crippen LogP contribution in [0.4, 0.5) is 19.0 Å². The molecule has 21 heavy (non-hydrogen) atoms. The molecule has 1 aliphatic rings. The lowest BCUT2D eigenvalue weighted by Gasteiger charge is -2.06. The molecule has 2 aromatic rings. The molecular formula is C15H16F3N3. The van der Waals surface area contributed by atoms with Crippen LogP contribution in [0.15, 0.2) is 24.3 Å². The summed E-state index contributed by atoms with van der Waals surface area (Å²) in [6.45, 7) is 2.63. The minimum absolute atomic E-state index is 0.594. The molecule has 0 radical (unpaired) electrons. The highest BCUT2D eigenvalue weighted by Gasteiger charge is 2.30. The molecule has 0 amide bonds. The molecule has 1 aromatic heterocycles. The Morgan fingerprint density at radius 2 is 1.86 bits per heavy atom. The second-order valence-corrected chi connectivity index (χ2v) is 5.56. The highest BCUT2D eigenvalue weighted by molar-refractivity contribution is 5.68. The Bertz CT molecular complexity index is 652. The van der Waals surface area contributed by atoms with Gasteiger partial charge < -0.3 is 5.73 Å². The second kappa shape index (κ2) is 4.79. The van der Waals surface area contributed by atoms with Crippen LogP contribution in [0.25, 0.3) is 11.3 Å². The molecule has 2 N–H and O–H groups in total. The van der Waals surface area contributed by atoms with Crippen LogP contribution in [0.5, 0.6) is 0 Å². The van der Waals surface area contributed by atoms with Crippen LogP contribution in [-0.2, 0) is 12.7 Å². The summed E-state index contributed by atoms with van der Waals surface area (Å²) in [7, 11) is 0. The Labute approximate surface area is 120 Å². The zero-order valence-electron chi connectivity index (χ0n) is 11.6. The van der Waals surface area contributed by atoms with Crippen molar-refractivity contribution in [1.29, 1.82) is 0 Å². The molecule has 1 aliphatic carbocycles. The molecule has 1 aromatic carbocycles. The molecule has 112 valence electrons. The van der Waals surface area contributed by atoms with Crippen molar-refractivity contribution >= 4 is 5.82 Å². The molecule has 0 atom stereocenters. The Hall–Kier alpha value is -1.98. The number of anilines is 1. The maximum absolute atomic E-state index is 12.6. The van der Waals surface area contributed by atoms with Gasteiger partial charge in [0.15, 0.2) is 0 Å². The lowest BCUT2D eigenvalue weighted by molar-refractivity contribution is -0.137. The maximum Gasteiger partial charge on any atom is 0.416 e. The van der Waals surface area contributed by atoms with Gasteiger partial charge in [0.2, 0.25) is 0 Å². The largest absolute Gasteiger partial charge is 0.416 e. The monoisotopic (exact) mass is 295 g/mol. The van der Waals surface area contributed by atoms with Crippen molar-refractivity contribution in [3.8, 4) is 11.3 Å². The molecule has 1 saturated carbocycles. The van der Waals surface area contributed by atoms with Gasteiger partial charge in [0, 0.05) is 17.7 Å². The van der Waals surface area contributed by atoms with Crippen LogP contribution in [0, 0.1) is 12.8 Å². The Kier molecular flexibility index (Phi) is 3.19. The first-order valence-corrected chi connectivity index (χ1v) is 6.87. The summed E-state index contributed by atoms with van der Waals surface area (Å²) in [5.41, 5.74) is 7.50. The summed E-state index contributed by atoms with van der Waals surface area (Å²) in [4.78, 5) is 0. The van der Waals surface area contributed by atoms with Gasteiger partial charge in [-0.1, -0.05) is 12.1 Å². The fourth-order valence-corrected chi connectivity index (χ4v) is 2.34. The van der Waals surface area contributed by atoms with E-state index >= 15 is 0 Å². The summed E-state index contributed by atoms with van der Waals surface area (Å²) in [6, 6.07) is 5.04. The highest BCUT2D eigenvalue weighted by atomic mass is 19.4. The molecule has 1 heterocycles. The molecule has 0 bridgehead atoms. The van der Waals surface area contributed by atoms with E-state index < -0.39 is 11.7 Å². The van der Waals surface area contributed by atoms with E-state index in [0.717, 1.165) is 24.2 Å². The maximum atomic E-state index is 12.6. The first-order chi connectivity index (χ1) is 9.86. The quantitative estimate of drug-likeness (QED) is 0.934. The highest BCUT2D eigenvalue weighted by Crippen LogP contribution is 2.35. The van der Waals surface area contributed by atoms with E-state index in [0.29, 0.717) is 23.0 Å². The molecule has 0 spiro atoms. The predicted octanol–water partition coefficient (Wildman–Crippen LogP) is 3.87. The zero-order chi connectivity index (χ0) is 15.2. The molecule has 3 nitrogen and oxygen atoms in total. The summed E-state index contributed by atoms with van der Waals surface area (Å²) in [6.07, 6.45) is -1.94. The fourth-order valence-electron chi connectivity index (χ4n) is 2.34. The van der Waals surface area contributed by atoms with Gasteiger partial charge in [0.05, 0.1) is 11.3 Å². The second-order valence-electron chi connectivity index (χ2n) is 5.56. The van der Waals surface area contributed by atoms with Crippen molar-refractivity contribution in [2.24, 2.45) is 5.92 Å². The number of hydrogen-bond donors (Lipinski definition) is 1. The smallest absolute Gasteiger partial charge is 0.384 e. The van der Waals surface area contributed by atoms with E-state index in [1.54, 1.807) is 4.68 Å². The van der Waals surface area contributed by atoms with Gasteiger partial charge >= 0.3 is 6.18 Å². The number of nitrogens with zero attached hydrogens (tertiary/aromatic N) is 2. The van der Waals surface area contributed by atoms with Crippen LogP contribution in [0.3, 0.4) is 0 Å². The van der Waals surface area contributed by atoms with E-state index in [-0.39, 0.29) is 0 Å². The molecule has 1 fully saturated rings. The number of halogens is 3. The standard InChI is InChI=1S/C15H16F3N3/c1-9-13(20-21(14(9)19)8-10-2-3-10)11-4-6-12(7-5-11)15(16,17)18/h4-7,10H,2-3,8,19H2,1H3. The van der Waals surface area contributed by atoms with E-state index in [1.165, 1.54) is 25.0 Å². The van der Waals surface area contributed by atoms with Crippen molar-refractivity contribution in [2.45, 2.75) is 32.5 Å². The molecule has 3 rings (SSSR count). The lowest BCUT2D eigenvalue weighted by atomic mass is 10.1. The first-order valence-electron chi connectivity index (χ1n) is 6.87. The van der Waals surface area contributed by atoms with Crippen LogP contribution in [0.1, 0.15) is 24.0 Å². The first kappa shape index (κ1) is 14.0. The SMILES string of the molecule is Cc1c(-c2ccc(C(F)(F)F)cc2)nn(CC2CC2)c1N. The minimum atomic E-state index is -4.32. The van der Waals surface area contributed by atoms with Gasteiger partial charge in [0.1, 0.15) is 5.82 Å². The fraction of sp³-hybridized carbons (Fsp3) is 0.400. The van der Waals surface area contributed by atoms with Crippen molar-refractivity contribution in [3.05, 3.63) is 35.4 Å². The average molecular weight is 295 g/mol. The van der Waals surface area contributed by atoms with Crippen LogP contribution in [-0.4, -0.2) is 9.78 Å². The minimum Gasteiger partial charge on any atom is -0.384 e. The lowest BCUT2D eigenvalue weighted by Crippen LogP contribution is -2.06. The summed E-state index contributed by atoms with van der Waals surface area (Å²) in [5, 5.41) is 4.46. The van der Waals surface area contributed by atoms with E-state index in [9.17, 15) is 13.2 Å². The summed E-state index contributed by atoms with van der Waals surface area (Å²) >= 11 is 0. The average Bonchev–Trinajstić information content (AvgIpc) is 3.20. The van der Waals surface area contributed by atoms with Gasteiger partial charge in [-0.25, -0.2) is 4.68 Å². The number of hydrogen-bond acceptors (Lipinski definition) is 2. The van der Waals surface area contributed by atoms with Crippen molar-refractivity contribution in [3.63, 3.8) is 0 Å². The number of benzene rings is 1. The number of rotatable bonds is 3. The zero-order valence-corrected chi connectivity index (χ0v) is 11.6. The van der Waals surface area contributed by atoms with Crippen molar-refractivity contribution in [2.75, 3.05) is 5.73 Å². The normalized spacial score (nSPS) is 15.4. The van der Waals surface area contributed by atoms with E-state index in [1.807, 2.05) is 6.92 Å². The summed E-state index contributed by atoms with van der Waals surface area (Å²) < 4.78 is 39.5. The topological polar surface area (TPSA) is 43.8 Å². The van der Waals surface area contributed by atoms with E-state index in [4.69, 9.17) is 5.73 Å². The van der Waals surface area contributed by atoms with Gasteiger partial charge in [-0.2, -0.15) is 18.3 Å². The molecular weight excluding hydrogens is 279 g/mol. The molecule has 6 heteroatoms. The van der Waals surface area contributed by atoms with Crippen LogP contribution < -0.4 is 5.73 Å². The summed E-state index contributed by atoms with van der Waals surface area (Å²) in [5.74, 6) is 1.23. The Morgan fingerprint density at radius 3 is 2.38 bits per heavy atom. The predicted molar refractivity (Wildman–Crippen MR) is 74.5 cm³/mol. The Morgan fingerprint density at radius 1 is 1.24 bits per heavy atom. The van der Waals surface area contributed by atoms with Gasteiger partial charge in [-0.05, 0) is 37.8 Å². The van der Waals surface area contributed by atoms with Crippen molar-refractivity contribution < 1.29 is 13.2 Å². The number of nitrogen functional groups attached to an aromatic ring is 1. The number of alkyl halides is 3. The van der Waals surface area contributed by atoms with Gasteiger partial charge in [-0.15, -0.1) is 0 Å². The number of aromatic nitrogens is 2. The van der Waals surface area contributed by atoms with Crippen LogP contribution in [0.2, 0.25) is 0 Å². The molecule has 0 aliphatic heterocycles. The molecule has 0 saturated heterocycles. The van der Waals surface area contributed by atoms with Gasteiger partial charge in [-0.3, -0.25) is 0 Å². The van der Waals surface area contributed by atoms with Crippen molar-refractivity contribution in [1.82, 2.24) is 9.78 Å². The van der Waals surface area contributed by atoms with Gasteiger partial charge in [0.25, 0.3) is 0 Å². The Balaban J connectivity index is 1.92. The van der Waals surface area contributed by atoms with Crippen LogP contribution >= 0.6 is 0 Å². The molecule has 0 unspecified atom stereocenters. The number of nitrogens with two attached hydrogens (primary N) is 1. The third-order valence-corrected chi connectivity index (χ3v) is 3.85. The third-order valence-electron chi connectivity index (χ3n) is 3.85. The van der Waals surface area contributed by atoms with E-state index in [2.05, 4.69) is 5.10 Å².